The van der Waals surface area contributed by atoms with E-state index in [0.717, 1.165) is 12.8 Å². The lowest BCUT2D eigenvalue weighted by Crippen LogP contribution is -2.18. The molecule has 17 heavy (non-hydrogen) atoms. The van der Waals surface area contributed by atoms with E-state index in [2.05, 4.69) is 19.1 Å². The fraction of sp³-hybridized carbons (Fsp3) is 0.400. The molecule has 0 saturated carbocycles. The Hall–Kier alpha value is -1.57. The Morgan fingerprint density at radius 2 is 2.18 bits per heavy atom. The second-order valence-corrected chi connectivity index (χ2v) is 4.69. The third-order valence-electron chi connectivity index (χ3n) is 3.39. The van der Waals surface area contributed by atoms with Crippen molar-refractivity contribution in [1.29, 1.82) is 0 Å². The zero-order valence-electron chi connectivity index (χ0n) is 10.4. The highest BCUT2D eigenvalue weighted by molar-refractivity contribution is 5.81. The second kappa shape index (κ2) is 4.74. The van der Waals surface area contributed by atoms with Crippen LogP contribution in [0.25, 0.3) is 6.08 Å². The molecule has 0 radical (unpaired) electrons. The van der Waals surface area contributed by atoms with Crippen LogP contribution in [0.2, 0.25) is 0 Å². The Bertz CT molecular complexity index is 448. The van der Waals surface area contributed by atoms with Crippen LogP contribution in [0.15, 0.2) is 30.3 Å². The number of cyclic esters (lactones) is 1. The van der Waals surface area contributed by atoms with Gasteiger partial charge < -0.3 is 4.74 Å². The zero-order chi connectivity index (χ0) is 12.3. The average Bonchev–Trinajstić information content (AvgIpc) is 2.68. The van der Waals surface area contributed by atoms with E-state index in [1.54, 1.807) is 0 Å². The van der Waals surface area contributed by atoms with Crippen molar-refractivity contribution in [2.45, 2.75) is 26.7 Å². The van der Waals surface area contributed by atoms with Crippen LogP contribution in [-0.4, -0.2) is 12.6 Å². The Labute approximate surface area is 102 Å². The normalized spacial score (nSPS) is 24.2. The van der Waals surface area contributed by atoms with Gasteiger partial charge in [0.15, 0.2) is 0 Å². The maximum atomic E-state index is 11.6. The molecular weight excluding hydrogens is 212 g/mol. The molecule has 1 fully saturated rings. The fourth-order valence-corrected chi connectivity index (χ4v) is 2.07. The number of benzene rings is 1. The Morgan fingerprint density at radius 3 is 2.82 bits per heavy atom. The summed E-state index contributed by atoms with van der Waals surface area (Å²) in [5.74, 6) is -0.109. The van der Waals surface area contributed by atoms with Gasteiger partial charge in [-0.25, -0.2) is 0 Å². The van der Waals surface area contributed by atoms with Gasteiger partial charge in [-0.1, -0.05) is 43.3 Å². The van der Waals surface area contributed by atoms with Crippen LogP contribution in [0.3, 0.4) is 0 Å². The van der Waals surface area contributed by atoms with Crippen molar-refractivity contribution in [2.24, 2.45) is 5.41 Å². The number of carbonyl (C=O) groups is 1. The van der Waals surface area contributed by atoms with Gasteiger partial charge in [0.2, 0.25) is 0 Å². The number of esters is 1. The Balaban J connectivity index is 2.23. The van der Waals surface area contributed by atoms with Crippen LogP contribution in [0.5, 0.6) is 0 Å². The summed E-state index contributed by atoms with van der Waals surface area (Å²) in [6, 6.07) is 8.27. The minimum atomic E-state index is -0.444. The zero-order valence-corrected chi connectivity index (χ0v) is 10.4. The van der Waals surface area contributed by atoms with Gasteiger partial charge in [0.25, 0.3) is 0 Å². The summed E-state index contributed by atoms with van der Waals surface area (Å²) in [5, 5.41) is 0. The van der Waals surface area contributed by atoms with Crippen LogP contribution in [0.4, 0.5) is 0 Å². The van der Waals surface area contributed by atoms with Crippen molar-refractivity contribution >= 4 is 12.0 Å². The number of carbonyl (C=O) groups excluding carboxylic acids is 1. The molecular formula is C15H18O2. The van der Waals surface area contributed by atoms with E-state index in [1.165, 1.54) is 11.1 Å². The average molecular weight is 230 g/mol. The summed E-state index contributed by atoms with van der Waals surface area (Å²) in [6.45, 7) is 4.61. The molecule has 1 heterocycles. The molecule has 0 spiro atoms. The standard InChI is InChI=1S/C15H18O2/c1-3-12-6-4-5-7-13(12)8-9-15(2)10-11-17-14(15)16/h4-9H,3,10-11H2,1-2H3/b9-8+/t15-/m0/s1. The molecule has 1 atom stereocenters. The monoisotopic (exact) mass is 230 g/mol. The van der Waals surface area contributed by atoms with Crippen LogP contribution in [0, 0.1) is 5.41 Å². The fourth-order valence-electron chi connectivity index (χ4n) is 2.07. The summed E-state index contributed by atoms with van der Waals surface area (Å²) in [4.78, 5) is 11.6. The molecule has 1 aromatic carbocycles. The van der Waals surface area contributed by atoms with Gasteiger partial charge in [-0.3, -0.25) is 4.79 Å². The van der Waals surface area contributed by atoms with Crippen LogP contribution in [-0.2, 0) is 16.0 Å². The summed E-state index contributed by atoms with van der Waals surface area (Å²) < 4.78 is 5.02. The highest BCUT2D eigenvalue weighted by Crippen LogP contribution is 2.31. The summed E-state index contributed by atoms with van der Waals surface area (Å²) in [7, 11) is 0. The number of ether oxygens (including phenoxy) is 1. The molecule has 1 aromatic rings. The summed E-state index contributed by atoms with van der Waals surface area (Å²) >= 11 is 0. The lowest BCUT2D eigenvalue weighted by atomic mass is 9.88. The van der Waals surface area contributed by atoms with Crippen molar-refractivity contribution in [3.05, 3.63) is 41.5 Å². The molecule has 2 rings (SSSR count). The molecule has 0 unspecified atom stereocenters. The third kappa shape index (κ3) is 2.41. The maximum absolute atomic E-state index is 11.6. The highest BCUT2D eigenvalue weighted by atomic mass is 16.5. The minimum absolute atomic E-state index is 0.109. The summed E-state index contributed by atoms with van der Waals surface area (Å²) in [6.07, 6.45) is 5.81. The van der Waals surface area contributed by atoms with Crippen molar-refractivity contribution in [1.82, 2.24) is 0 Å². The largest absolute Gasteiger partial charge is 0.465 e. The second-order valence-electron chi connectivity index (χ2n) is 4.69. The molecule has 0 N–H and O–H groups in total. The molecule has 2 heteroatoms. The predicted molar refractivity (Wildman–Crippen MR) is 68.5 cm³/mol. The molecule has 2 nitrogen and oxygen atoms in total. The van der Waals surface area contributed by atoms with Crippen molar-refractivity contribution in [2.75, 3.05) is 6.61 Å². The van der Waals surface area contributed by atoms with E-state index < -0.39 is 5.41 Å². The van der Waals surface area contributed by atoms with Gasteiger partial charge in [-0.15, -0.1) is 0 Å². The van der Waals surface area contributed by atoms with Gasteiger partial charge in [0, 0.05) is 6.42 Å². The first-order valence-electron chi connectivity index (χ1n) is 6.10. The predicted octanol–water partition coefficient (Wildman–Crippen LogP) is 3.22. The Kier molecular flexibility index (Phi) is 3.32. The smallest absolute Gasteiger partial charge is 0.315 e. The molecule has 1 aliphatic rings. The first-order valence-corrected chi connectivity index (χ1v) is 6.10. The SMILES string of the molecule is CCc1ccccc1/C=C/[C@@]1(C)CCOC1=O. The molecule has 1 saturated heterocycles. The third-order valence-corrected chi connectivity index (χ3v) is 3.39. The van der Waals surface area contributed by atoms with Crippen molar-refractivity contribution < 1.29 is 9.53 Å². The minimum Gasteiger partial charge on any atom is -0.465 e. The van der Waals surface area contributed by atoms with Gasteiger partial charge >= 0.3 is 5.97 Å². The topological polar surface area (TPSA) is 26.3 Å². The number of hydrogen-bond donors (Lipinski definition) is 0. The van der Waals surface area contributed by atoms with E-state index in [1.807, 2.05) is 31.2 Å². The molecule has 0 aliphatic carbocycles. The molecule has 0 amide bonds. The molecule has 0 aromatic heterocycles. The van der Waals surface area contributed by atoms with Crippen molar-refractivity contribution in [3.8, 4) is 0 Å². The number of rotatable bonds is 3. The van der Waals surface area contributed by atoms with Crippen molar-refractivity contribution in [3.63, 3.8) is 0 Å². The molecule has 0 bridgehead atoms. The van der Waals surface area contributed by atoms with Gasteiger partial charge in [0.1, 0.15) is 0 Å². The first kappa shape index (κ1) is 11.9. The lowest BCUT2D eigenvalue weighted by Gasteiger charge is -2.13. The molecule has 1 aliphatic heterocycles. The molecule has 90 valence electrons. The highest BCUT2D eigenvalue weighted by Gasteiger charge is 2.37. The lowest BCUT2D eigenvalue weighted by molar-refractivity contribution is -0.143. The van der Waals surface area contributed by atoms with E-state index in [4.69, 9.17) is 4.74 Å². The number of hydrogen-bond acceptors (Lipinski definition) is 2. The van der Waals surface area contributed by atoms with Crippen LogP contribution in [0.1, 0.15) is 31.4 Å². The van der Waals surface area contributed by atoms with Gasteiger partial charge in [0.05, 0.1) is 12.0 Å². The summed E-state index contributed by atoms with van der Waals surface area (Å²) in [5.41, 5.74) is 2.05. The first-order chi connectivity index (χ1) is 8.15. The van der Waals surface area contributed by atoms with Gasteiger partial charge in [-0.2, -0.15) is 0 Å². The maximum Gasteiger partial charge on any atom is 0.315 e. The quantitative estimate of drug-likeness (QED) is 0.745. The Morgan fingerprint density at radius 1 is 1.41 bits per heavy atom. The van der Waals surface area contributed by atoms with E-state index >= 15 is 0 Å². The number of aryl methyl sites for hydroxylation is 1. The van der Waals surface area contributed by atoms with E-state index in [-0.39, 0.29) is 5.97 Å². The van der Waals surface area contributed by atoms with Crippen LogP contribution >= 0.6 is 0 Å². The van der Waals surface area contributed by atoms with E-state index in [9.17, 15) is 4.79 Å². The van der Waals surface area contributed by atoms with E-state index in [0.29, 0.717) is 6.61 Å². The van der Waals surface area contributed by atoms with Gasteiger partial charge in [-0.05, 0) is 24.5 Å². The van der Waals surface area contributed by atoms with Crippen LogP contribution < -0.4 is 0 Å².